The van der Waals surface area contributed by atoms with Gasteiger partial charge in [0.25, 0.3) is 0 Å². The fourth-order valence-electron chi connectivity index (χ4n) is 1.43. The molecule has 0 bridgehead atoms. The average Bonchev–Trinajstić information content (AvgIpc) is 2.24. The van der Waals surface area contributed by atoms with Gasteiger partial charge in [-0.05, 0) is 26.0 Å². The van der Waals surface area contributed by atoms with Crippen LogP contribution in [0.5, 0.6) is 0 Å². The van der Waals surface area contributed by atoms with E-state index in [4.69, 9.17) is 11.6 Å². The van der Waals surface area contributed by atoms with Crippen LogP contribution >= 0.6 is 11.6 Å². The topological polar surface area (TPSA) is 25.8 Å². The van der Waals surface area contributed by atoms with Crippen molar-refractivity contribution in [3.8, 4) is 11.3 Å². The number of rotatable bonds is 1. The summed E-state index contributed by atoms with van der Waals surface area (Å²) in [5.74, 6) is -1.34. The zero-order chi connectivity index (χ0) is 12.6. The van der Waals surface area contributed by atoms with Gasteiger partial charge in [-0.3, -0.25) is 0 Å². The second-order valence-electron chi connectivity index (χ2n) is 3.66. The Morgan fingerprint density at radius 2 is 1.71 bits per heavy atom. The van der Waals surface area contributed by atoms with Crippen LogP contribution in [0.4, 0.5) is 8.78 Å². The summed E-state index contributed by atoms with van der Waals surface area (Å²) in [6.45, 7) is 3.52. The molecule has 2 aromatic rings. The molecule has 2 nitrogen and oxygen atoms in total. The van der Waals surface area contributed by atoms with Crippen molar-refractivity contribution >= 4 is 11.6 Å². The summed E-state index contributed by atoms with van der Waals surface area (Å²) in [7, 11) is 0. The molecule has 1 heterocycles. The van der Waals surface area contributed by atoms with Crippen LogP contribution in [0.1, 0.15) is 11.4 Å². The number of aromatic nitrogens is 2. The monoisotopic (exact) mass is 254 g/mol. The Labute approximate surface area is 102 Å². The molecular formula is C12H9ClF2N2. The number of hydrogen-bond acceptors (Lipinski definition) is 2. The van der Waals surface area contributed by atoms with Gasteiger partial charge < -0.3 is 0 Å². The first-order valence-corrected chi connectivity index (χ1v) is 5.33. The molecule has 5 heteroatoms. The van der Waals surface area contributed by atoms with Gasteiger partial charge in [0.1, 0.15) is 17.3 Å². The SMILES string of the molecule is Cc1nc(Cl)c(-c2ccc(F)cc2F)nc1C. The zero-order valence-electron chi connectivity index (χ0n) is 9.26. The van der Waals surface area contributed by atoms with Gasteiger partial charge in [-0.2, -0.15) is 0 Å². The molecule has 0 N–H and O–H groups in total. The van der Waals surface area contributed by atoms with Gasteiger partial charge in [0.15, 0.2) is 5.15 Å². The lowest BCUT2D eigenvalue weighted by Gasteiger charge is -2.07. The number of nitrogens with zero attached hydrogens (tertiary/aromatic N) is 2. The van der Waals surface area contributed by atoms with Crippen molar-refractivity contribution in [3.63, 3.8) is 0 Å². The molecule has 17 heavy (non-hydrogen) atoms. The van der Waals surface area contributed by atoms with E-state index in [1.807, 2.05) is 0 Å². The minimum atomic E-state index is -0.704. The van der Waals surface area contributed by atoms with Gasteiger partial charge in [-0.15, -0.1) is 0 Å². The highest BCUT2D eigenvalue weighted by atomic mass is 35.5. The van der Waals surface area contributed by atoms with Crippen LogP contribution in [0.3, 0.4) is 0 Å². The van der Waals surface area contributed by atoms with Crippen LogP contribution < -0.4 is 0 Å². The Hall–Kier alpha value is -1.55. The highest BCUT2D eigenvalue weighted by molar-refractivity contribution is 6.31. The largest absolute Gasteiger partial charge is 0.248 e. The van der Waals surface area contributed by atoms with E-state index in [2.05, 4.69) is 9.97 Å². The lowest BCUT2D eigenvalue weighted by molar-refractivity contribution is 0.585. The minimum Gasteiger partial charge on any atom is -0.248 e. The molecule has 0 radical (unpaired) electrons. The standard InChI is InChI=1S/C12H9ClF2N2/c1-6-7(2)17-12(13)11(16-6)9-4-3-8(14)5-10(9)15/h3-5H,1-2H3. The first kappa shape index (κ1) is 11.9. The van der Waals surface area contributed by atoms with Crippen LogP contribution in [0, 0.1) is 25.5 Å². The van der Waals surface area contributed by atoms with Crippen LogP contribution in [0.25, 0.3) is 11.3 Å². The summed E-state index contributed by atoms with van der Waals surface area (Å²) < 4.78 is 26.4. The predicted octanol–water partition coefficient (Wildman–Crippen LogP) is 3.69. The minimum absolute atomic E-state index is 0.110. The quantitative estimate of drug-likeness (QED) is 0.776. The third-order valence-corrected chi connectivity index (χ3v) is 2.71. The molecule has 0 fully saturated rings. The maximum atomic E-state index is 13.6. The highest BCUT2D eigenvalue weighted by Gasteiger charge is 2.14. The first-order chi connectivity index (χ1) is 7.99. The van der Waals surface area contributed by atoms with E-state index in [1.54, 1.807) is 13.8 Å². The molecule has 0 saturated carbocycles. The molecule has 0 unspecified atom stereocenters. The lowest BCUT2D eigenvalue weighted by Crippen LogP contribution is -1.98. The first-order valence-electron chi connectivity index (χ1n) is 4.95. The number of hydrogen-bond donors (Lipinski definition) is 0. The molecule has 88 valence electrons. The van der Waals surface area contributed by atoms with Crippen molar-refractivity contribution in [2.75, 3.05) is 0 Å². The molecule has 0 amide bonds. The van der Waals surface area contributed by atoms with Gasteiger partial charge in [0, 0.05) is 11.6 Å². The van der Waals surface area contributed by atoms with Gasteiger partial charge >= 0.3 is 0 Å². The van der Waals surface area contributed by atoms with Gasteiger partial charge in [-0.25, -0.2) is 18.7 Å². The molecule has 0 spiro atoms. The second kappa shape index (κ2) is 4.37. The highest BCUT2D eigenvalue weighted by Crippen LogP contribution is 2.27. The van der Waals surface area contributed by atoms with Gasteiger partial charge in [0.2, 0.25) is 0 Å². The Morgan fingerprint density at radius 1 is 1.06 bits per heavy atom. The average molecular weight is 255 g/mol. The van der Waals surface area contributed by atoms with Gasteiger partial charge in [0.05, 0.1) is 11.4 Å². The summed E-state index contributed by atoms with van der Waals surface area (Å²) in [5, 5.41) is 0.110. The van der Waals surface area contributed by atoms with E-state index < -0.39 is 11.6 Å². The molecule has 0 aliphatic rings. The van der Waals surface area contributed by atoms with E-state index in [-0.39, 0.29) is 16.4 Å². The van der Waals surface area contributed by atoms with Crippen LogP contribution in [0.2, 0.25) is 5.15 Å². The summed E-state index contributed by atoms with van der Waals surface area (Å²) in [6.07, 6.45) is 0. The molecule has 2 rings (SSSR count). The smallest absolute Gasteiger partial charge is 0.155 e. The summed E-state index contributed by atoms with van der Waals surface area (Å²) >= 11 is 5.91. The Kier molecular flexibility index (Phi) is 3.07. The van der Waals surface area contributed by atoms with Crippen LogP contribution in [0.15, 0.2) is 18.2 Å². The third kappa shape index (κ3) is 2.26. The van der Waals surface area contributed by atoms with Crippen LogP contribution in [-0.4, -0.2) is 9.97 Å². The van der Waals surface area contributed by atoms with Crippen molar-refractivity contribution < 1.29 is 8.78 Å². The maximum Gasteiger partial charge on any atom is 0.155 e. The molecule has 0 aliphatic heterocycles. The van der Waals surface area contributed by atoms with E-state index in [0.717, 1.165) is 12.1 Å². The Balaban J connectivity index is 2.64. The number of aryl methyl sites for hydroxylation is 2. The molecule has 1 aromatic carbocycles. The van der Waals surface area contributed by atoms with Crippen molar-refractivity contribution in [3.05, 3.63) is 46.4 Å². The van der Waals surface area contributed by atoms with E-state index >= 15 is 0 Å². The molecule has 0 aliphatic carbocycles. The van der Waals surface area contributed by atoms with Crippen molar-refractivity contribution in [2.24, 2.45) is 0 Å². The van der Waals surface area contributed by atoms with Crippen molar-refractivity contribution in [2.45, 2.75) is 13.8 Å². The van der Waals surface area contributed by atoms with E-state index in [0.29, 0.717) is 11.4 Å². The van der Waals surface area contributed by atoms with Crippen LogP contribution in [-0.2, 0) is 0 Å². The predicted molar refractivity (Wildman–Crippen MR) is 61.9 cm³/mol. The third-order valence-electron chi connectivity index (χ3n) is 2.45. The molecular weight excluding hydrogens is 246 g/mol. The summed E-state index contributed by atoms with van der Waals surface area (Å²) in [5.41, 5.74) is 1.72. The van der Waals surface area contributed by atoms with Crippen molar-refractivity contribution in [1.82, 2.24) is 9.97 Å². The Bertz CT molecular complexity index is 585. The zero-order valence-corrected chi connectivity index (χ0v) is 10.0. The molecule has 0 saturated heterocycles. The van der Waals surface area contributed by atoms with Crippen molar-refractivity contribution in [1.29, 1.82) is 0 Å². The van der Waals surface area contributed by atoms with E-state index in [1.165, 1.54) is 6.07 Å². The normalized spacial score (nSPS) is 10.6. The van der Waals surface area contributed by atoms with Gasteiger partial charge in [-0.1, -0.05) is 11.6 Å². The summed E-state index contributed by atoms with van der Waals surface area (Å²) in [4.78, 5) is 8.23. The lowest BCUT2D eigenvalue weighted by atomic mass is 10.1. The fourth-order valence-corrected chi connectivity index (χ4v) is 1.70. The number of benzene rings is 1. The summed E-state index contributed by atoms with van der Waals surface area (Å²) in [6, 6.07) is 3.25. The molecule has 0 atom stereocenters. The Morgan fingerprint density at radius 3 is 2.35 bits per heavy atom. The maximum absolute atomic E-state index is 13.6. The number of halogens is 3. The van der Waals surface area contributed by atoms with E-state index in [9.17, 15) is 8.78 Å². The molecule has 1 aromatic heterocycles. The second-order valence-corrected chi connectivity index (χ2v) is 4.02. The fraction of sp³-hybridized carbons (Fsp3) is 0.167.